The summed E-state index contributed by atoms with van der Waals surface area (Å²) in [6.07, 6.45) is 0.134. The van der Waals surface area contributed by atoms with Gasteiger partial charge in [0.25, 0.3) is 0 Å². The zero-order valence-corrected chi connectivity index (χ0v) is 13.7. The lowest BCUT2D eigenvalue weighted by Gasteiger charge is -2.14. The maximum Gasteiger partial charge on any atom is 0.407 e. The number of alkyl carbamates (subject to hydrolysis) is 1. The van der Waals surface area contributed by atoms with Gasteiger partial charge in [-0.05, 0) is 24.5 Å². The first-order valence-electron chi connectivity index (χ1n) is 7.91. The van der Waals surface area contributed by atoms with Gasteiger partial charge in [-0.25, -0.2) is 4.79 Å². The molecule has 2 aromatic carbocycles. The van der Waals surface area contributed by atoms with Gasteiger partial charge in [0.2, 0.25) is 5.91 Å². The Morgan fingerprint density at radius 1 is 0.958 bits per heavy atom. The van der Waals surface area contributed by atoms with E-state index in [1.54, 1.807) is 0 Å². The van der Waals surface area contributed by atoms with Crippen molar-refractivity contribution >= 4 is 12.0 Å². The van der Waals surface area contributed by atoms with Gasteiger partial charge in [0.15, 0.2) is 0 Å². The maximum atomic E-state index is 11.8. The zero-order chi connectivity index (χ0) is 17.2. The van der Waals surface area contributed by atoms with Crippen molar-refractivity contribution in [3.63, 3.8) is 0 Å². The minimum absolute atomic E-state index is 0.0120. The molecule has 126 valence electrons. The average Bonchev–Trinajstić information content (AvgIpc) is 2.60. The van der Waals surface area contributed by atoms with Crippen LogP contribution in [0.3, 0.4) is 0 Å². The van der Waals surface area contributed by atoms with Crippen molar-refractivity contribution in [2.75, 3.05) is 6.54 Å². The van der Waals surface area contributed by atoms with Crippen LogP contribution in [0.25, 0.3) is 0 Å². The molecular formula is C19H22N2O3. The predicted octanol–water partition coefficient (Wildman–Crippen LogP) is 2.66. The third-order valence-corrected chi connectivity index (χ3v) is 3.40. The first-order chi connectivity index (χ1) is 11.6. The molecule has 5 heteroatoms. The Hall–Kier alpha value is -2.82. The van der Waals surface area contributed by atoms with Crippen LogP contribution in [0.5, 0.6) is 0 Å². The van der Waals surface area contributed by atoms with Crippen molar-refractivity contribution in [3.8, 4) is 0 Å². The third kappa shape index (κ3) is 6.52. The maximum absolute atomic E-state index is 11.8. The van der Waals surface area contributed by atoms with Crippen LogP contribution in [-0.2, 0) is 22.6 Å². The van der Waals surface area contributed by atoms with Gasteiger partial charge in [-0.2, -0.15) is 0 Å². The molecule has 2 rings (SSSR count). The standard InChI is InChI=1S/C19H22N2O3/c1-15(12-16-8-4-2-5-9-16)21-18(22)13-20-19(23)24-14-17-10-6-3-7-11-17/h2-11,15H,12-14H2,1H3,(H,20,23)(H,21,22)/t15-/m1/s1. The van der Waals surface area contributed by atoms with Gasteiger partial charge >= 0.3 is 6.09 Å². The Labute approximate surface area is 142 Å². The molecular weight excluding hydrogens is 304 g/mol. The summed E-state index contributed by atoms with van der Waals surface area (Å²) in [6, 6.07) is 19.3. The summed E-state index contributed by atoms with van der Waals surface area (Å²) in [7, 11) is 0. The molecule has 0 heterocycles. The van der Waals surface area contributed by atoms with E-state index in [0.717, 1.165) is 17.5 Å². The fourth-order valence-corrected chi connectivity index (χ4v) is 2.27. The number of hydrogen-bond donors (Lipinski definition) is 2. The molecule has 0 radical (unpaired) electrons. The molecule has 24 heavy (non-hydrogen) atoms. The van der Waals surface area contributed by atoms with E-state index in [-0.39, 0.29) is 25.1 Å². The van der Waals surface area contributed by atoms with Crippen molar-refractivity contribution in [3.05, 3.63) is 71.8 Å². The number of carbonyl (C=O) groups is 2. The van der Waals surface area contributed by atoms with Gasteiger partial charge < -0.3 is 15.4 Å². The van der Waals surface area contributed by atoms with E-state index in [1.165, 1.54) is 0 Å². The Balaban J connectivity index is 1.64. The number of benzene rings is 2. The molecule has 2 amide bonds. The number of rotatable bonds is 7. The summed E-state index contributed by atoms with van der Waals surface area (Å²) in [5.74, 6) is -0.241. The van der Waals surface area contributed by atoms with E-state index in [9.17, 15) is 9.59 Å². The summed E-state index contributed by atoms with van der Waals surface area (Å²) < 4.78 is 5.05. The Morgan fingerprint density at radius 2 is 1.54 bits per heavy atom. The molecule has 5 nitrogen and oxygen atoms in total. The lowest BCUT2D eigenvalue weighted by atomic mass is 10.1. The number of ether oxygens (including phenoxy) is 1. The van der Waals surface area contributed by atoms with E-state index in [4.69, 9.17) is 4.74 Å². The lowest BCUT2D eigenvalue weighted by molar-refractivity contribution is -0.120. The summed E-state index contributed by atoms with van der Waals surface area (Å²) >= 11 is 0. The highest BCUT2D eigenvalue weighted by Gasteiger charge is 2.10. The van der Waals surface area contributed by atoms with E-state index >= 15 is 0 Å². The summed E-state index contributed by atoms with van der Waals surface area (Å²) in [6.45, 7) is 2.00. The molecule has 2 aromatic rings. The quantitative estimate of drug-likeness (QED) is 0.822. The van der Waals surface area contributed by atoms with E-state index in [0.29, 0.717) is 0 Å². The van der Waals surface area contributed by atoms with E-state index < -0.39 is 6.09 Å². The molecule has 0 unspecified atom stereocenters. The van der Waals surface area contributed by atoms with Gasteiger partial charge in [0, 0.05) is 6.04 Å². The van der Waals surface area contributed by atoms with Gasteiger partial charge in [-0.15, -0.1) is 0 Å². The van der Waals surface area contributed by atoms with Gasteiger partial charge in [0.05, 0.1) is 0 Å². The highest BCUT2D eigenvalue weighted by atomic mass is 16.5. The smallest absolute Gasteiger partial charge is 0.407 e. The second kappa shape index (κ2) is 9.35. The van der Waals surface area contributed by atoms with Gasteiger partial charge in [-0.3, -0.25) is 4.79 Å². The van der Waals surface area contributed by atoms with Crippen molar-refractivity contribution in [2.24, 2.45) is 0 Å². The normalized spacial score (nSPS) is 11.4. The molecule has 0 bridgehead atoms. The second-order valence-corrected chi connectivity index (χ2v) is 5.57. The molecule has 0 aliphatic carbocycles. The van der Waals surface area contributed by atoms with Crippen LogP contribution in [0.4, 0.5) is 4.79 Å². The molecule has 1 atom stereocenters. The molecule has 0 spiro atoms. The SMILES string of the molecule is C[C@H](Cc1ccccc1)NC(=O)CNC(=O)OCc1ccccc1. The Kier molecular flexibility index (Phi) is 6.83. The Morgan fingerprint density at radius 3 is 2.17 bits per heavy atom. The summed E-state index contributed by atoms with van der Waals surface area (Å²) in [5, 5.41) is 5.30. The van der Waals surface area contributed by atoms with Crippen LogP contribution in [0.15, 0.2) is 60.7 Å². The Bertz CT molecular complexity index is 644. The molecule has 0 aliphatic heterocycles. The van der Waals surface area contributed by atoms with Crippen LogP contribution in [0, 0.1) is 0 Å². The van der Waals surface area contributed by atoms with Crippen LogP contribution in [-0.4, -0.2) is 24.6 Å². The fraction of sp³-hybridized carbons (Fsp3) is 0.263. The topological polar surface area (TPSA) is 67.4 Å². The minimum Gasteiger partial charge on any atom is -0.445 e. The first-order valence-corrected chi connectivity index (χ1v) is 7.91. The highest BCUT2D eigenvalue weighted by Crippen LogP contribution is 2.02. The first kappa shape index (κ1) is 17.5. The van der Waals surface area contributed by atoms with Crippen molar-refractivity contribution in [1.82, 2.24) is 10.6 Å². The monoisotopic (exact) mass is 326 g/mol. The summed E-state index contributed by atoms with van der Waals surface area (Å²) in [5.41, 5.74) is 2.05. The minimum atomic E-state index is -0.607. The van der Waals surface area contributed by atoms with Crippen molar-refractivity contribution in [1.29, 1.82) is 0 Å². The molecule has 0 saturated heterocycles. The van der Waals surface area contributed by atoms with E-state index in [2.05, 4.69) is 10.6 Å². The average molecular weight is 326 g/mol. The third-order valence-electron chi connectivity index (χ3n) is 3.40. The van der Waals surface area contributed by atoms with Crippen LogP contribution >= 0.6 is 0 Å². The number of nitrogens with one attached hydrogen (secondary N) is 2. The number of amides is 2. The van der Waals surface area contributed by atoms with E-state index in [1.807, 2.05) is 67.6 Å². The van der Waals surface area contributed by atoms with Crippen LogP contribution in [0.1, 0.15) is 18.1 Å². The summed E-state index contributed by atoms with van der Waals surface area (Å²) in [4.78, 5) is 23.4. The second-order valence-electron chi connectivity index (χ2n) is 5.57. The fourth-order valence-electron chi connectivity index (χ4n) is 2.27. The number of carbonyl (C=O) groups excluding carboxylic acids is 2. The zero-order valence-electron chi connectivity index (χ0n) is 13.7. The van der Waals surface area contributed by atoms with Crippen molar-refractivity contribution in [2.45, 2.75) is 26.0 Å². The molecule has 0 aliphatic rings. The largest absolute Gasteiger partial charge is 0.445 e. The van der Waals surface area contributed by atoms with Gasteiger partial charge in [-0.1, -0.05) is 60.7 Å². The molecule has 2 N–H and O–H groups in total. The highest BCUT2D eigenvalue weighted by molar-refractivity contribution is 5.82. The number of hydrogen-bond acceptors (Lipinski definition) is 3. The van der Waals surface area contributed by atoms with Gasteiger partial charge in [0.1, 0.15) is 13.2 Å². The van der Waals surface area contributed by atoms with Crippen molar-refractivity contribution < 1.29 is 14.3 Å². The van der Waals surface area contributed by atoms with Crippen LogP contribution in [0.2, 0.25) is 0 Å². The molecule has 0 saturated carbocycles. The molecule has 0 fully saturated rings. The predicted molar refractivity (Wildman–Crippen MR) is 92.4 cm³/mol. The van der Waals surface area contributed by atoms with Crippen LogP contribution < -0.4 is 10.6 Å². The molecule has 0 aromatic heterocycles. The lowest BCUT2D eigenvalue weighted by Crippen LogP contribution is -2.41.